The Kier molecular flexibility index (Phi) is 4.26. The summed E-state index contributed by atoms with van der Waals surface area (Å²) in [5.74, 6) is -1.02. The highest BCUT2D eigenvalue weighted by atomic mass is 35.5. The minimum atomic E-state index is -0.858. The summed E-state index contributed by atoms with van der Waals surface area (Å²) in [6.45, 7) is 2.09. The molecule has 1 aliphatic carbocycles. The van der Waals surface area contributed by atoms with Gasteiger partial charge in [-0.2, -0.15) is 0 Å². The molecule has 1 aromatic carbocycles. The normalized spacial score (nSPS) is 24.4. The van der Waals surface area contributed by atoms with Gasteiger partial charge >= 0.3 is 5.97 Å². The average Bonchev–Trinajstić information content (AvgIpc) is 2.71. The van der Waals surface area contributed by atoms with Crippen LogP contribution < -0.4 is 5.73 Å². The van der Waals surface area contributed by atoms with E-state index in [0.29, 0.717) is 27.2 Å². The van der Waals surface area contributed by atoms with Crippen LogP contribution in [0.3, 0.4) is 0 Å². The van der Waals surface area contributed by atoms with Crippen LogP contribution in [0.1, 0.15) is 37.7 Å². The fourth-order valence-corrected chi connectivity index (χ4v) is 3.59. The van der Waals surface area contributed by atoms with Gasteiger partial charge in [-0.1, -0.05) is 43.0 Å². The Morgan fingerprint density at radius 1 is 1.42 bits per heavy atom. The quantitative estimate of drug-likeness (QED) is 0.823. The van der Waals surface area contributed by atoms with Crippen molar-refractivity contribution in [3.05, 3.63) is 27.7 Å². The van der Waals surface area contributed by atoms with Crippen molar-refractivity contribution in [3.8, 4) is 0 Å². The molecule has 1 aromatic rings. The number of aliphatic carboxylic acids is 1. The maximum Gasteiger partial charge on any atom is 0.311 e. The fraction of sp³-hybridized carbons (Fsp3) is 0.500. The molecule has 2 rings (SSSR count). The lowest BCUT2D eigenvalue weighted by Gasteiger charge is -2.25. The number of carboxylic acids is 1. The summed E-state index contributed by atoms with van der Waals surface area (Å²) in [6.07, 6.45) is 3.02. The summed E-state index contributed by atoms with van der Waals surface area (Å²) >= 11 is 12.0. The van der Waals surface area contributed by atoms with Gasteiger partial charge in [0.1, 0.15) is 0 Å². The summed E-state index contributed by atoms with van der Waals surface area (Å²) in [6, 6.07) is 3.17. The molecule has 0 aliphatic heterocycles. The molecule has 0 heterocycles. The zero-order valence-corrected chi connectivity index (χ0v) is 12.2. The van der Waals surface area contributed by atoms with Crippen LogP contribution in [-0.4, -0.2) is 11.1 Å². The van der Waals surface area contributed by atoms with E-state index in [4.69, 9.17) is 28.9 Å². The van der Waals surface area contributed by atoms with Gasteiger partial charge in [0.2, 0.25) is 0 Å². The van der Waals surface area contributed by atoms with Crippen LogP contribution in [0.25, 0.3) is 0 Å². The minimum absolute atomic E-state index is 0.0920. The molecule has 3 unspecified atom stereocenters. The fourth-order valence-electron chi connectivity index (χ4n) is 3.08. The molecule has 104 valence electrons. The number of nitrogens with two attached hydrogens (primary N) is 1. The molecule has 3 N–H and O–H groups in total. The summed E-state index contributed by atoms with van der Waals surface area (Å²) in [5.41, 5.74) is 6.83. The van der Waals surface area contributed by atoms with Gasteiger partial charge in [-0.3, -0.25) is 4.79 Å². The van der Waals surface area contributed by atoms with Crippen LogP contribution in [0.2, 0.25) is 10.0 Å². The molecule has 0 aromatic heterocycles. The number of hydrogen-bond acceptors (Lipinski definition) is 2. The molecule has 0 bridgehead atoms. The van der Waals surface area contributed by atoms with Gasteiger partial charge in [-0.25, -0.2) is 0 Å². The highest BCUT2D eigenvalue weighted by Crippen LogP contribution is 2.44. The summed E-state index contributed by atoms with van der Waals surface area (Å²) in [5, 5.41) is 10.3. The van der Waals surface area contributed by atoms with E-state index in [2.05, 4.69) is 6.92 Å². The molecular formula is C14H17Cl2NO2. The Hall–Kier alpha value is -0.930. The van der Waals surface area contributed by atoms with Gasteiger partial charge in [0.05, 0.1) is 16.6 Å². The Morgan fingerprint density at radius 3 is 2.63 bits per heavy atom. The largest absolute Gasteiger partial charge is 0.481 e. The highest BCUT2D eigenvalue weighted by molar-refractivity contribution is 6.36. The number of rotatable bonds is 3. The number of anilines is 1. The van der Waals surface area contributed by atoms with E-state index in [-0.39, 0.29) is 5.92 Å². The first-order chi connectivity index (χ1) is 8.91. The predicted molar refractivity (Wildman–Crippen MR) is 77.8 cm³/mol. The Labute approximate surface area is 122 Å². The van der Waals surface area contributed by atoms with Gasteiger partial charge in [0.25, 0.3) is 0 Å². The second-order valence-electron chi connectivity index (χ2n) is 5.28. The molecule has 3 nitrogen and oxygen atoms in total. The first kappa shape index (κ1) is 14.5. The van der Waals surface area contributed by atoms with E-state index in [9.17, 15) is 9.90 Å². The Morgan fingerprint density at radius 2 is 2.11 bits per heavy atom. The van der Waals surface area contributed by atoms with Crippen molar-refractivity contribution in [2.24, 2.45) is 11.8 Å². The van der Waals surface area contributed by atoms with E-state index < -0.39 is 11.9 Å². The number of halogens is 2. The Bertz CT molecular complexity index is 504. The first-order valence-electron chi connectivity index (χ1n) is 6.39. The minimum Gasteiger partial charge on any atom is -0.481 e. The maximum absolute atomic E-state index is 11.7. The van der Waals surface area contributed by atoms with Crippen LogP contribution in [0, 0.1) is 11.8 Å². The van der Waals surface area contributed by atoms with Crippen LogP contribution in [0.4, 0.5) is 5.69 Å². The third kappa shape index (κ3) is 2.82. The van der Waals surface area contributed by atoms with Crippen LogP contribution >= 0.6 is 23.2 Å². The molecule has 0 spiro atoms. The average molecular weight is 302 g/mol. The predicted octanol–water partition coefficient (Wildman–Crippen LogP) is 4.18. The summed E-state index contributed by atoms with van der Waals surface area (Å²) < 4.78 is 0. The van der Waals surface area contributed by atoms with Gasteiger partial charge in [0.15, 0.2) is 0 Å². The van der Waals surface area contributed by atoms with Gasteiger partial charge in [-0.15, -0.1) is 0 Å². The molecule has 1 saturated carbocycles. The Balaban J connectivity index is 2.48. The number of nitrogen functional groups attached to an aromatic ring is 1. The number of hydrogen-bond donors (Lipinski definition) is 2. The van der Waals surface area contributed by atoms with Crippen LogP contribution in [-0.2, 0) is 4.79 Å². The molecule has 0 radical (unpaired) electrons. The van der Waals surface area contributed by atoms with E-state index in [1.54, 1.807) is 12.1 Å². The van der Waals surface area contributed by atoms with Gasteiger partial charge in [0, 0.05) is 5.02 Å². The molecular weight excluding hydrogens is 285 g/mol. The van der Waals surface area contributed by atoms with Crippen molar-refractivity contribution < 1.29 is 9.90 Å². The van der Waals surface area contributed by atoms with Crippen molar-refractivity contribution in [3.63, 3.8) is 0 Å². The molecule has 1 aliphatic rings. The molecule has 3 atom stereocenters. The number of benzene rings is 1. The van der Waals surface area contributed by atoms with Gasteiger partial charge in [-0.05, 0) is 36.0 Å². The van der Waals surface area contributed by atoms with E-state index in [0.717, 1.165) is 19.3 Å². The smallest absolute Gasteiger partial charge is 0.311 e. The van der Waals surface area contributed by atoms with Crippen molar-refractivity contribution in [1.29, 1.82) is 0 Å². The number of carbonyl (C=O) groups is 1. The topological polar surface area (TPSA) is 63.3 Å². The van der Waals surface area contributed by atoms with Crippen molar-refractivity contribution in [1.82, 2.24) is 0 Å². The van der Waals surface area contributed by atoms with Crippen molar-refractivity contribution in [2.45, 2.75) is 32.1 Å². The lowest BCUT2D eigenvalue weighted by molar-refractivity contribution is -0.140. The van der Waals surface area contributed by atoms with Gasteiger partial charge < -0.3 is 10.8 Å². The number of carboxylic acid groups (broad SMARTS) is 1. The summed E-state index contributed by atoms with van der Waals surface area (Å²) in [7, 11) is 0. The molecule has 0 saturated heterocycles. The maximum atomic E-state index is 11.7. The SMILES string of the molecule is CC1CCCC1C(C(=O)O)c1cc(Cl)cc(Cl)c1N. The van der Waals surface area contributed by atoms with Crippen LogP contribution in [0.5, 0.6) is 0 Å². The lowest BCUT2D eigenvalue weighted by Crippen LogP contribution is -2.24. The third-order valence-electron chi connectivity index (χ3n) is 4.08. The standard InChI is InChI=1S/C14H17Cl2NO2/c1-7-3-2-4-9(7)12(14(18)19)10-5-8(15)6-11(16)13(10)17/h5-7,9,12H,2-4,17H2,1H3,(H,18,19). The lowest BCUT2D eigenvalue weighted by atomic mass is 9.80. The molecule has 0 amide bonds. The van der Waals surface area contributed by atoms with Crippen molar-refractivity contribution >= 4 is 34.9 Å². The first-order valence-corrected chi connectivity index (χ1v) is 7.14. The molecule has 5 heteroatoms. The monoisotopic (exact) mass is 301 g/mol. The zero-order chi connectivity index (χ0) is 14.2. The second kappa shape index (κ2) is 5.59. The molecule has 1 fully saturated rings. The second-order valence-corrected chi connectivity index (χ2v) is 6.12. The third-order valence-corrected chi connectivity index (χ3v) is 4.61. The summed E-state index contributed by atoms with van der Waals surface area (Å²) in [4.78, 5) is 11.7. The zero-order valence-electron chi connectivity index (χ0n) is 10.7. The van der Waals surface area contributed by atoms with Crippen LogP contribution in [0.15, 0.2) is 12.1 Å². The van der Waals surface area contributed by atoms with E-state index in [1.807, 2.05) is 0 Å². The van der Waals surface area contributed by atoms with Crippen molar-refractivity contribution in [2.75, 3.05) is 5.73 Å². The van der Waals surface area contributed by atoms with E-state index >= 15 is 0 Å². The molecule has 19 heavy (non-hydrogen) atoms. The van der Waals surface area contributed by atoms with E-state index in [1.165, 1.54) is 0 Å². The highest BCUT2D eigenvalue weighted by Gasteiger charge is 2.37.